The van der Waals surface area contributed by atoms with Crippen LogP contribution in [0.5, 0.6) is 0 Å². The second-order valence-electron chi connectivity index (χ2n) is 4.19. The first kappa shape index (κ1) is 11.1. The van der Waals surface area contributed by atoms with Crippen molar-refractivity contribution in [2.45, 2.75) is 25.7 Å². The van der Waals surface area contributed by atoms with Crippen molar-refractivity contribution in [3.05, 3.63) is 28.2 Å². The van der Waals surface area contributed by atoms with Crippen molar-refractivity contribution in [3.8, 4) is 0 Å². The van der Waals surface area contributed by atoms with E-state index in [9.17, 15) is 0 Å². The van der Waals surface area contributed by atoms with E-state index in [2.05, 4.69) is 5.32 Å². The number of rotatable bonds is 3. The number of nitrogens with one attached hydrogen (secondary N) is 1. The summed E-state index contributed by atoms with van der Waals surface area (Å²) in [5.74, 6) is 0.822. The van der Waals surface area contributed by atoms with Crippen molar-refractivity contribution >= 4 is 28.9 Å². The Morgan fingerprint density at radius 2 is 1.67 bits per heavy atom. The predicted octanol–water partition coefficient (Wildman–Crippen LogP) is 4.60. The molecule has 0 aliphatic heterocycles. The molecule has 0 spiro atoms. The Morgan fingerprint density at radius 3 is 2.27 bits per heavy atom. The summed E-state index contributed by atoms with van der Waals surface area (Å²) in [6, 6.07) is 5.59. The van der Waals surface area contributed by atoms with Gasteiger partial charge in [0.25, 0.3) is 0 Å². The molecule has 1 aliphatic rings. The third kappa shape index (κ3) is 3.29. The Labute approximate surface area is 101 Å². The molecule has 1 aromatic carbocycles. The average Bonchev–Trinajstić information content (AvgIpc) is 2.65. The molecule has 82 valence electrons. The summed E-state index contributed by atoms with van der Waals surface area (Å²) >= 11 is 11.8. The third-order valence-electron chi connectivity index (χ3n) is 2.93. The van der Waals surface area contributed by atoms with Crippen LogP contribution in [0.1, 0.15) is 25.7 Å². The average molecular weight is 244 g/mol. The minimum absolute atomic E-state index is 0.691. The number of hydrogen-bond acceptors (Lipinski definition) is 1. The van der Waals surface area contributed by atoms with Crippen molar-refractivity contribution in [1.29, 1.82) is 0 Å². The molecule has 0 amide bonds. The normalized spacial score (nSPS) is 16.9. The van der Waals surface area contributed by atoms with Gasteiger partial charge in [0, 0.05) is 22.3 Å². The number of halogens is 2. The molecule has 0 saturated heterocycles. The molecule has 0 aromatic heterocycles. The molecule has 2 rings (SSSR count). The summed E-state index contributed by atoms with van der Waals surface area (Å²) < 4.78 is 0. The highest BCUT2D eigenvalue weighted by Crippen LogP contribution is 2.26. The third-order valence-corrected chi connectivity index (χ3v) is 3.37. The lowest BCUT2D eigenvalue weighted by molar-refractivity contribution is 0.580. The molecule has 1 N–H and O–H groups in total. The lowest BCUT2D eigenvalue weighted by Crippen LogP contribution is -2.10. The maximum atomic E-state index is 5.92. The Hall–Kier alpha value is -0.400. The van der Waals surface area contributed by atoms with Gasteiger partial charge in [-0.05, 0) is 37.0 Å². The SMILES string of the molecule is Clc1cc(Cl)cc(NCC2CCCC2)c1. The molecule has 0 heterocycles. The van der Waals surface area contributed by atoms with E-state index >= 15 is 0 Å². The van der Waals surface area contributed by atoms with E-state index < -0.39 is 0 Å². The van der Waals surface area contributed by atoms with Crippen molar-refractivity contribution in [2.75, 3.05) is 11.9 Å². The van der Waals surface area contributed by atoms with Crippen LogP contribution in [-0.2, 0) is 0 Å². The quantitative estimate of drug-likeness (QED) is 0.819. The van der Waals surface area contributed by atoms with Crippen molar-refractivity contribution in [2.24, 2.45) is 5.92 Å². The summed E-state index contributed by atoms with van der Waals surface area (Å²) in [4.78, 5) is 0. The van der Waals surface area contributed by atoms with Crippen molar-refractivity contribution in [1.82, 2.24) is 0 Å². The molecule has 3 heteroatoms. The number of anilines is 1. The highest BCUT2D eigenvalue weighted by atomic mass is 35.5. The van der Waals surface area contributed by atoms with Gasteiger partial charge in [0.2, 0.25) is 0 Å². The van der Waals surface area contributed by atoms with E-state index in [0.29, 0.717) is 10.0 Å². The molecular formula is C12H15Cl2N. The van der Waals surface area contributed by atoms with E-state index in [-0.39, 0.29) is 0 Å². The molecule has 1 fully saturated rings. The van der Waals surface area contributed by atoms with Crippen LogP contribution < -0.4 is 5.32 Å². The topological polar surface area (TPSA) is 12.0 Å². The van der Waals surface area contributed by atoms with Gasteiger partial charge < -0.3 is 5.32 Å². The van der Waals surface area contributed by atoms with Crippen LogP contribution in [0.2, 0.25) is 10.0 Å². The Kier molecular flexibility index (Phi) is 3.76. The predicted molar refractivity (Wildman–Crippen MR) is 66.9 cm³/mol. The van der Waals surface area contributed by atoms with Gasteiger partial charge in [0.15, 0.2) is 0 Å². The largest absolute Gasteiger partial charge is 0.385 e. The van der Waals surface area contributed by atoms with Crippen LogP contribution in [0.15, 0.2) is 18.2 Å². The van der Waals surface area contributed by atoms with Gasteiger partial charge in [-0.1, -0.05) is 36.0 Å². The molecule has 0 atom stereocenters. The second kappa shape index (κ2) is 5.09. The maximum Gasteiger partial charge on any atom is 0.0441 e. The van der Waals surface area contributed by atoms with Gasteiger partial charge in [0.05, 0.1) is 0 Å². The first-order valence-electron chi connectivity index (χ1n) is 5.44. The fourth-order valence-corrected chi connectivity index (χ4v) is 2.66. The van der Waals surface area contributed by atoms with Gasteiger partial charge in [-0.2, -0.15) is 0 Å². The summed E-state index contributed by atoms with van der Waals surface area (Å²) in [5, 5.41) is 4.78. The molecule has 0 unspecified atom stereocenters. The van der Waals surface area contributed by atoms with Crippen LogP contribution in [0.3, 0.4) is 0 Å². The fourth-order valence-electron chi connectivity index (χ4n) is 2.13. The Morgan fingerprint density at radius 1 is 1.07 bits per heavy atom. The summed E-state index contributed by atoms with van der Waals surface area (Å²) in [5.41, 5.74) is 1.03. The zero-order chi connectivity index (χ0) is 10.7. The summed E-state index contributed by atoms with van der Waals surface area (Å²) in [6.45, 7) is 1.04. The minimum atomic E-state index is 0.691. The summed E-state index contributed by atoms with van der Waals surface area (Å²) in [6.07, 6.45) is 5.45. The monoisotopic (exact) mass is 243 g/mol. The lowest BCUT2D eigenvalue weighted by Gasteiger charge is -2.12. The first-order chi connectivity index (χ1) is 7.24. The zero-order valence-corrected chi connectivity index (χ0v) is 10.1. The Bertz CT molecular complexity index is 312. The van der Waals surface area contributed by atoms with E-state index in [4.69, 9.17) is 23.2 Å². The van der Waals surface area contributed by atoms with Crippen molar-refractivity contribution in [3.63, 3.8) is 0 Å². The standard InChI is InChI=1S/C12H15Cl2N/c13-10-5-11(14)7-12(6-10)15-8-9-3-1-2-4-9/h5-7,9,15H,1-4,8H2. The Balaban J connectivity index is 1.92. The van der Waals surface area contributed by atoms with Crippen LogP contribution in [0.4, 0.5) is 5.69 Å². The van der Waals surface area contributed by atoms with E-state index in [1.165, 1.54) is 25.7 Å². The number of hydrogen-bond donors (Lipinski definition) is 1. The molecule has 0 bridgehead atoms. The molecule has 1 nitrogen and oxygen atoms in total. The minimum Gasteiger partial charge on any atom is -0.385 e. The van der Waals surface area contributed by atoms with E-state index in [1.54, 1.807) is 6.07 Å². The molecular weight excluding hydrogens is 229 g/mol. The van der Waals surface area contributed by atoms with Crippen LogP contribution in [0.25, 0.3) is 0 Å². The summed E-state index contributed by atoms with van der Waals surface area (Å²) in [7, 11) is 0. The van der Waals surface area contributed by atoms with Gasteiger partial charge in [-0.3, -0.25) is 0 Å². The van der Waals surface area contributed by atoms with Gasteiger partial charge in [0.1, 0.15) is 0 Å². The smallest absolute Gasteiger partial charge is 0.0441 e. The zero-order valence-electron chi connectivity index (χ0n) is 8.60. The molecule has 1 aromatic rings. The highest BCUT2D eigenvalue weighted by molar-refractivity contribution is 6.35. The van der Waals surface area contributed by atoms with Crippen molar-refractivity contribution < 1.29 is 0 Å². The molecule has 0 radical (unpaired) electrons. The van der Waals surface area contributed by atoms with Gasteiger partial charge in [-0.15, -0.1) is 0 Å². The van der Waals surface area contributed by atoms with E-state index in [1.807, 2.05) is 12.1 Å². The molecule has 15 heavy (non-hydrogen) atoms. The van der Waals surface area contributed by atoms with Gasteiger partial charge in [-0.25, -0.2) is 0 Å². The lowest BCUT2D eigenvalue weighted by atomic mass is 10.1. The molecule has 1 aliphatic carbocycles. The maximum absolute atomic E-state index is 5.92. The van der Waals surface area contributed by atoms with Crippen LogP contribution in [0, 0.1) is 5.92 Å². The first-order valence-corrected chi connectivity index (χ1v) is 6.19. The van der Waals surface area contributed by atoms with Crippen LogP contribution in [-0.4, -0.2) is 6.54 Å². The van der Waals surface area contributed by atoms with E-state index in [0.717, 1.165) is 18.2 Å². The fraction of sp³-hybridized carbons (Fsp3) is 0.500. The highest BCUT2D eigenvalue weighted by Gasteiger charge is 2.14. The molecule has 1 saturated carbocycles. The van der Waals surface area contributed by atoms with Gasteiger partial charge >= 0.3 is 0 Å². The second-order valence-corrected chi connectivity index (χ2v) is 5.06. The van der Waals surface area contributed by atoms with Crippen LogP contribution >= 0.6 is 23.2 Å². The number of benzene rings is 1.